The number of hydrogen-bond acceptors (Lipinski definition) is 3. The highest BCUT2D eigenvalue weighted by molar-refractivity contribution is 5.90. The van der Waals surface area contributed by atoms with Gasteiger partial charge in [0.1, 0.15) is 11.9 Å². The van der Waals surface area contributed by atoms with Crippen molar-refractivity contribution in [3.63, 3.8) is 0 Å². The Morgan fingerprint density at radius 2 is 2.00 bits per heavy atom. The third-order valence-electron chi connectivity index (χ3n) is 3.50. The first-order chi connectivity index (χ1) is 8.61. The summed E-state index contributed by atoms with van der Waals surface area (Å²) in [5, 5.41) is 0. The van der Waals surface area contributed by atoms with Crippen LogP contribution in [0.1, 0.15) is 18.9 Å². The third kappa shape index (κ3) is 2.55. The Balaban J connectivity index is 1.91. The van der Waals surface area contributed by atoms with Gasteiger partial charge in [-0.05, 0) is 30.5 Å². The van der Waals surface area contributed by atoms with E-state index in [1.165, 1.54) is 5.56 Å². The number of benzene rings is 1. The van der Waals surface area contributed by atoms with Crippen molar-refractivity contribution in [3.8, 4) is 5.75 Å². The molecule has 3 heteroatoms. The maximum Gasteiger partial charge on any atom is 0.334 e. The summed E-state index contributed by atoms with van der Waals surface area (Å²) < 4.78 is 10.4. The average Bonchev–Trinajstić information content (AvgIpc) is 2.64. The second kappa shape index (κ2) is 5.25. The van der Waals surface area contributed by atoms with Crippen LogP contribution in [0, 0.1) is 5.92 Å². The van der Waals surface area contributed by atoms with Gasteiger partial charge in [0.25, 0.3) is 0 Å². The summed E-state index contributed by atoms with van der Waals surface area (Å²) in [6, 6.07) is 7.96. The van der Waals surface area contributed by atoms with E-state index < -0.39 is 0 Å². The van der Waals surface area contributed by atoms with Crippen LogP contribution in [0.4, 0.5) is 0 Å². The molecule has 0 aromatic heterocycles. The van der Waals surface area contributed by atoms with Crippen molar-refractivity contribution < 1.29 is 14.3 Å². The lowest BCUT2D eigenvalue weighted by molar-refractivity contribution is -0.139. The molecule has 0 bridgehead atoms. The van der Waals surface area contributed by atoms with Crippen molar-refractivity contribution in [1.29, 1.82) is 0 Å². The molecular formula is C15H18O3. The Kier molecular flexibility index (Phi) is 3.70. The first-order valence-electron chi connectivity index (χ1n) is 6.14. The normalized spacial score (nSPS) is 23.0. The van der Waals surface area contributed by atoms with Gasteiger partial charge in [-0.15, -0.1) is 0 Å². The number of esters is 1. The van der Waals surface area contributed by atoms with Crippen molar-refractivity contribution in [2.45, 2.75) is 25.9 Å². The van der Waals surface area contributed by atoms with Gasteiger partial charge in [0.05, 0.1) is 7.11 Å². The average molecular weight is 246 g/mol. The minimum Gasteiger partial charge on any atom is -0.497 e. The fourth-order valence-electron chi connectivity index (χ4n) is 2.14. The number of ether oxygens (including phenoxy) is 2. The van der Waals surface area contributed by atoms with E-state index in [1.54, 1.807) is 7.11 Å². The van der Waals surface area contributed by atoms with Gasteiger partial charge in [0.15, 0.2) is 0 Å². The van der Waals surface area contributed by atoms with Crippen LogP contribution in [0.3, 0.4) is 0 Å². The predicted molar refractivity (Wildman–Crippen MR) is 69.5 cm³/mol. The molecule has 1 heterocycles. The van der Waals surface area contributed by atoms with Crippen LogP contribution in [-0.2, 0) is 16.0 Å². The number of carbonyl (C=O) groups is 1. The van der Waals surface area contributed by atoms with E-state index in [4.69, 9.17) is 9.47 Å². The second-order valence-electron chi connectivity index (χ2n) is 4.64. The van der Waals surface area contributed by atoms with Gasteiger partial charge in [-0.25, -0.2) is 4.79 Å². The molecule has 0 aliphatic carbocycles. The molecule has 0 radical (unpaired) electrons. The highest BCUT2D eigenvalue weighted by Crippen LogP contribution is 2.29. The van der Waals surface area contributed by atoms with E-state index in [1.807, 2.05) is 31.2 Å². The van der Waals surface area contributed by atoms with Crippen LogP contribution in [0.2, 0.25) is 0 Å². The summed E-state index contributed by atoms with van der Waals surface area (Å²) in [4.78, 5) is 11.4. The summed E-state index contributed by atoms with van der Waals surface area (Å²) in [6.45, 7) is 5.75. The van der Waals surface area contributed by atoms with E-state index in [2.05, 4.69) is 6.58 Å². The standard InChI is InChI=1S/C15H18O3/c1-10-11(2)15(16)18-14(10)9-6-12-4-7-13(17-3)8-5-12/h4-5,7-8,10,14H,2,6,9H2,1,3H3. The molecule has 96 valence electrons. The van der Waals surface area contributed by atoms with Crippen molar-refractivity contribution in [2.75, 3.05) is 7.11 Å². The van der Waals surface area contributed by atoms with Crippen molar-refractivity contribution in [3.05, 3.63) is 42.0 Å². The number of cyclic esters (lactones) is 1. The molecule has 1 aromatic carbocycles. The molecule has 1 saturated heterocycles. The summed E-state index contributed by atoms with van der Waals surface area (Å²) >= 11 is 0. The van der Waals surface area contributed by atoms with E-state index in [0.717, 1.165) is 18.6 Å². The zero-order valence-electron chi connectivity index (χ0n) is 10.8. The Morgan fingerprint density at radius 1 is 1.33 bits per heavy atom. The zero-order chi connectivity index (χ0) is 13.1. The molecule has 0 N–H and O–H groups in total. The van der Waals surface area contributed by atoms with E-state index in [9.17, 15) is 4.79 Å². The lowest BCUT2D eigenvalue weighted by Crippen LogP contribution is -2.14. The smallest absolute Gasteiger partial charge is 0.334 e. The third-order valence-corrected chi connectivity index (χ3v) is 3.50. The molecule has 18 heavy (non-hydrogen) atoms. The van der Waals surface area contributed by atoms with Crippen LogP contribution < -0.4 is 4.74 Å². The lowest BCUT2D eigenvalue weighted by Gasteiger charge is -2.13. The second-order valence-corrected chi connectivity index (χ2v) is 4.64. The monoisotopic (exact) mass is 246 g/mol. The van der Waals surface area contributed by atoms with Crippen LogP contribution >= 0.6 is 0 Å². The molecule has 2 unspecified atom stereocenters. The van der Waals surface area contributed by atoms with Crippen molar-refractivity contribution in [1.82, 2.24) is 0 Å². The minimum absolute atomic E-state index is 0.0351. The Labute approximate surface area is 107 Å². The van der Waals surface area contributed by atoms with Crippen LogP contribution in [-0.4, -0.2) is 19.2 Å². The number of carbonyl (C=O) groups excluding carboxylic acids is 1. The lowest BCUT2D eigenvalue weighted by atomic mass is 9.95. The molecule has 2 rings (SSSR count). The highest BCUT2D eigenvalue weighted by atomic mass is 16.6. The van der Waals surface area contributed by atoms with E-state index >= 15 is 0 Å². The molecule has 1 aliphatic rings. The van der Waals surface area contributed by atoms with E-state index in [0.29, 0.717) is 5.57 Å². The molecule has 1 fully saturated rings. The molecular weight excluding hydrogens is 228 g/mol. The number of rotatable bonds is 4. The topological polar surface area (TPSA) is 35.5 Å². The van der Waals surface area contributed by atoms with Crippen molar-refractivity contribution >= 4 is 5.97 Å². The van der Waals surface area contributed by atoms with Gasteiger partial charge in [-0.2, -0.15) is 0 Å². The molecule has 2 atom stereocenters. The first-order valence-corrected chi connectivity index (χ1v) is 6.14. The van der Waals surface area contributed by atoms with Crippen LogP contribution in [0.25, 0.3) is 0 Å². The SMILES string of the molecule is C=C1C(=O)OC(CCc2ccc(OC)cc2)C1C. The van der Waals surface area contributed by atoms with Gasteiger partial charge in [-0.3, -0.25) is 0 Å². The Morgan fingerprint density at radius 3 is 2.50 bits per heavy atom. The summed E-state index contributed by atoms with van der Waals surface area (Å²) in [7, 11) is 1.65. The van der Waals surface area contributed by atoms with Crippen LogP contribution in [0.15, 0.2) is 36.4 Å². The Hall–Kier alpha value is -1.77. The molecule has 0 saturated carbocycles. The van der Waals surface area contributed by atoms with Gasteiger partial charge in [-0.1, -0.05) is 25.6 Å². The van der Waals surface area contributed by atoms with E-state index in [-0.39, 0.29) is 18.0 Å². The molecule has 0 spiro atoms. The maximum absolute atomic E-state index is 11.4. The highest BCUT2D eigenvalue weighted by Gasteiger charge is 2.34. The minimum atomic E-state index is -0.248. The number of methoxy groups -OCH3 is 1. The molecule has 1 aliphatic heterocycles. The molecule has 3 nitrogen and oxygen atoms in total. The first kappa shape index (κ1) is 12.7. The quantitative estimate of drug-likeness (QED) is 0.605. The summed E-state index contributed by atoms with van der Waals surface area (Å²) in [6.07, 6.45) is 1.68. The predicted octanol–water partition coefficient (Wildman–Crippen LogP) is 2.75. The van der Waals surface area contributed by atoms with Gasteiger partial charge in [0.2, 0.25) is 0 Å². The summed E-state index contributed by atoms with van der Waals surface area (Å²) in [5.41, 5.74) is 1.81. The van der Waals surface area contributed by atoms with Crippen molar-refractivity contribution in [2.24, 2.45) is 5.92 Å². The fourth-order valence-corrected chi connectivity index (χ4v) is 2.14. The number of aryl methyl sites for hydroxylation is 1. The fraction of sp³-hybridized carbons (Fsp3) is 0.400. The van der Waals surface area contributed by atoms with Gasteiger partial charge < -0.3 is 9.47 Å². The molecule has 0 amide bonds. The number of hydrogen-bond donors (Lipinski definition) is 0. The Bertz CT molecular complexity index is 447. The molecule has 1 aromatic rings. The maximum atomic E-state index is 11.4. The van der Waals surface area contributed by atoms with Crippen LogP contribution in [0.5, 0.6) is 5.75 Å². The zero-order valence-corrected chi connectivity index (χ0v) is 10.8. The van der Waals surface area contributed by atoms with Gasteiger partial charge in [0, 0.05) is 11.5 Å². The largest absolute Gasteiger partial charge is 0.497 e. The van der Waals surface area contributed by atoms with Gasteiger partial charge >= 0.3 is 5.97 Å². The summed E-state index contributed by atoms with van der Waals surface area (Å²) in [5.74, 6) is 0.728.